The molecule has 6 heteroatoms. The van der Waals surface area contributed by atoms with Crippen molar-refractivity contribution in [2.75, 3.05) is 9.80 Å². The van der Waals surface area contributed by atoms with Gasteiger partial charge in [0, 0.05) is 62.2 Å². The molecule has 0 saturated carbocycles. The molecule has 0 unspecified atom stereocenters. The van der Waals surface area contributed by atoms with Gasteiger partial charge in [0.2, 0.25) is 0 Å². The van der Waals surface area contributed by atoms with E-state index in [0.29, 0.717) is 0 Å². The molecule has 4 aromatic heterocycles. The maximum atomic E-state index is 7.65. The quantitative estimate of drug-likeness (QED) is 0.136. The summed E-state index contributed by atoms with van der Waals surface area (Å²) in [6.07, 6.45) is 3.99. The molecular weight excluding hydrogens is 1060 g/mol. The number of para-hydroxylation sites is 2. The molecule has 1 aliphatic carbocycles. The number of pyridine rings is 2. The fourth-order valence-corrected chi connectivity index (χ4v) is 13.6. The lowest BCUT2D eigenvalue weighted by molar-refractivity contribution is 0.590. The second kappa shape index (κ2) is 20.5. The number of furan rings is 2. The molecule has 4 heterocycles. The summed E-state index contributed by atoms with van der Waals surface area (Å²) in [7, 11) is 0. The number of anilines is 6. The van der Waals surface area contributed by atoms with Crippen molar-refractivity contribution in [1.82, 2.24) is 9.97 Å². The summed E-state index contributed by atoms with van der Waals surface area (Å²) in [5.74, 6) is 1.59. The molecule has 1 aliphatic rings. The largest absolute Gasteiger partial charge is 0.455 e. The van der Waals surface area contributed by atoms with Crippen LogP contribution in [-0.4, -0.2) is 9.97 Å². The normalized spacial score (nSPS) is 12.9. The molecule has 0 aliphatic heterocycles. The van der Waals surface area contributed by atoms with E-state index in [9.17, 15) is 0 Å². The zero-order valence-electron chi connectivity index (χ0n) is 50.4. The molecule has 422 valence electrons. The fourth-order valence-electron chi connectivity index (χ4n) is 13.6. The maximum Gasteiger partial charge on any atom is 0.160 e. The fraction of sp³-hybridized carbons (Fsp3) is 0.136. The predicted molar refractivity (Wildman–Crippen MR) is 361 cm³/mol. The van der Waals surface area contributed by atoms with Gasteiger partial charge in [-0.05, 0) is 141 Å². The molecule has 0 bridgehead atoms. The van der Waals surface area contributed by atoms with Gasteiger partial charge in [0.1, 0.15) is 28.4 Å². The predicted octanol–water partition coefficient (Wildman–Crippen LogP) is 22.1. The summed E-state index contributed by atoms with van der Waals surface area (Å²) in [6, 6.07) is 88.2. The van der Waals surface area contributed by atoms with Gasteiger partial charge >= 0.3 is 0 Å². The number of hydrogen-bond acceptors (Lipinski definition) is 6. The highest BCUT2D eigenvalue weighted by Gasteiger charge is 2.51. The molecule has 10 aromatic carbocycles. The SMILES string of the molecule is Cc1cnc(N(c2ccc(C(C)(C)C)cc2)c2cc3c(c4c2oc2ccccc24)-c2c(cc(N(c4ccc(C(C)(C)C)cc4)c4ncc(C)cc4-c4ccccc4)c4c2oc2ccccc24)C3(c2ccccc2)c2ccccc2)c(-c2ccccc2)c1. The van der Waals surface area contributed by atoms with Crippen LogP contribution in [0.1, 0.15) is 86.1 Å². The number of aryl methyl sites for hydroxylation is 2. The number of rotatable bonds is 10. The summed E-state index contributed by atoms with van der Waals surface area (Å²) >= 11 is 0. The van der Waals surface area contributed by atoms with Crippen LogP contribution in [-0.2, 0) is 16.2 Å². The Morgan fingerprint density at radius 2 is 0.770 bits per heavy atom. The van der Waals surface area contributed by atoms with E-state index in [-0.39, 0.29) is 10.8 Å². The Balaban J connectivity index is 1.14. The van der Waals surface area contributed by atoms with Gasteiger partial charge in [0.25, 0.3) is 0 Å². The summed E-state index contributed by atoms with van der Waals surface area (Å²) in [6.45, 7) is 17.9. The molecule has 0 N–H and O–H groups in total. The standard InChI is InChI=1S/C81H66N4O2/c1-51-45-63(53-25-13-9-14-26-53)77(82-49-51)84(59-41-37-55(38-42-59)79(3,4)5)67-47-66-74(76-71(67)61-33-21-23-35-69(61)87-76)73-65(81(66,57-29-17-11-18-30-57)58-31-19-12-20-32-58)48-68(75-72(73)62-34-22-24-36-70(62)86-75)85(60-43-39-56(40-44-60)80(6,7)8)78-64(46-52(2)50-83-78)54-27-15-10-16-28-54/h9-50H,1-8H3. The Bertz CT molecular complexity index is 4900. The van der Waals surface area contributed by atoms with Gasteiger partial charge in [-0.2, -0.15) is 0 Å². The Kier molecular flexibility index (Phi) is 12.6. The van der Waals surface area contributed by atoms with Crippen molar-refractivity contribution in [1.29, 1.82) is 0 Å². The molecule has 0 amide bonds. The average molecular weight is 1130 g/mol. The van der Waals surface area contributed by atoms with Gasteiger partial charge in [-0.3, -0.25) is 9.80 Å². The van der Waals surface area contributed by atoms with Crippen molar-refractivity contribution >= 4 is 78.3 Å². The van der Waals surface area contributed by atoms with Crippen molar-refractivity contribution in [2.45, 2.75) is 71.6 Å². The molecule has 0 atom stereocenters. The van der Waals surface area contributed by atoms with Crippen molar-refractivity contribution in [2.24, 2.45) is 0 Å². The highest BCUT2D eigenvalue weighted by molar-refractivity contribution is 6.26. The Hall–Kier alpha value is -10.3. The smallest absolute Gasteiger partial charge is 0.160 e. The van der Waals surface area contributed by atoms with Crippen LogP contribution >= 0.6 is 0 Å². The van der Waals surface area contributed by atoms with E-state index in [4.69, 9.17) is 18.8 Å². The summed E-state index contributed by atoms with van der Waals surface area (Å²) in [5, 5.41) is 3.98. The monoisotopic (exact) mass is 1130 g/mol. The van der Waals surface area contributed by atoms with Crippen LogP contribution < -0.4 is 9.80 Å². The number of nitrogens with zero attached hydrogens (tertiary/aromatic N) is 4. The highest BCUT2D eigenvalue weighted by Crippen LogP contribution is 2.65. The average Bonchev–Trinajstić information content (AvgIpc) is 1.57. The second-order valence-electron chi connectivity index (χ2n) is 25.5. The van der Waals surface area contributed by atoms with Crippen LogP contribution in [0, 0.1) is 13.8 Å². The number of benzene rings is 10. The van der Waals surface area contributed by atoms with Crippen LogP contribution in [0.3, 0.4) is 0 Å². The first-order valence-electron chi connectivity index (χ1n) is 30.2. The van der Waals surface area contributed by atoms with E-state index >= 15 is 0 Å². The van der Waals surface area contributed by atoms with Gasteiger partial charge in [-0.25, -0.2) is 9.97 Å². The maximum absolute atomic E-state index is 7.65. The van der Waals surface area contributed by atoms with Crippen LogP contribution in [0.15, 0.2) is 264 Å². The molecule has 0 spiro atoms. The summed E-state index contributed by atoms with van der Waals surface area (Å²) < 4.78 is 15.2. The Morgan fingerprint density at radius 1 is 0.379 bits per heavy atom. The topological polar surface area (TPSA) is 58.5 Å². The molecule has 0 saturated heterocycles. The molecule has 87 heavy (non-hydrogen) atoms. The van der Waals surface area contributed by atoms with E-state index in [0.717, 1.165) is 145 Å². The first-order chi connectivity index (χ1) is 42.3. The first-order valence-corrected chi connectivity index (χ1v) is 30.2. The van der Waals surface area contributed by atoms with Gasteiger partial charge in [0.05, 0.1) is 22.2 Å². The zero-order valence-corrected chi connectivity index (χ0v) is 50.4. The van der Waals surface area contributed by atoms with Gasteiger partial charge in [0.15, 0.2) is 5.58 Å². The number of fused-ring (bicyclic) bond motifs is 11. The summed E-state index contributed by atoms with van der Waals surface area (Å²) in [5.41, 5.74) is 20.9. The zero-order chi connectivity index (χ0) is 59.3. The van der Waals surface area contributed by atoms with Crippen LogP contribution in [0.2, 0.25) is 0 Å². The molecule has 15 rings (SSSR count). The molecular formula is C81H66N4O2. The van der Waals surface area contributed by atoms with Crippen LogP contribution in [0.25, 0.3) is 77.3 Å². The third-order valence-electron chi connectivity index (χ3n) is 17.8. The van der Waals surface area contributed by atoms with E-state index in [1.807, 2.05) is 12.4 Å². The first kappa shape index (κ1) is 53.4. The van der Waals surface area contributed by atoms with E-state index in [1.54, 1.807) is 0 Å². The molecule has 14 aromatic rings. The van der Waals surface area contributed by atoms with Crippen LogP contribution in [0.5, 0.6) is 0 Å². The molecule has 6 nitrogen and oxygen atoms in total. The van der Waals surface area contributed by atoms with Crippen molar-refractivity contribution in [3.8, 4) is 33.4 Å². The minimum absolute atomic E-state index is 0.0788. The van der Waals surface area contributed by atoms with E-state index in [2.05, 4.69) is 308 Å². The minimum Gasteiger partial charge on any atom is -0.455 e. The van der Waals surface area contributed by atoms with E-state index in [1.165, 1.54) is 11.1 Å². The molecule has 0 fully saturated rings. The third-order valence-corrected chi connectivity index (χ3v) is 17.8. The summed E-state index contributed by atoms with van der Waals surface area (Å²) in [4.78, 5) is 15.8. The van der Waals surface area contributed by atoms with E-state index < -0.39 is 5.41 Å². The Morgan fingerprint density at radius 3 is 1.24 bits per heavy atom. The highest BCUT2D eigenvalue weighted by atomic mass is 16.3. The second-order valence-corrected chi connectivity index (χ2v) is 25.5. The third kappa shape index (κ3) is 8.68. The van der Waals surface area contributed by atoms with Gasteiger partial charge in [-0.15, -0.1) is 0 Å². The van der Waals surface area contributed by atoms with Crippen molar-refractivity contribution in [3.63, 3.8) is 0 Å². The number of aromatic nitrogens is 2. The minimum atomic E-state index is -0.980. The number of hydrogen-bond donors (Lipinski definition) is 0. The van der Waals surface area contributed by atoms with Gasteiger partial charge in [-0.1, -0.05) is 224 Å². The van der Waals surface area contributed by atoms with Crippen molar-refractivity contribution in [3.05, 3.63) is 300 Å². The lowest BCUT2D eigenvalue weighted by Gasteiger charge is -2.36. The Labute approximate surface area is 508 Å². The van der Waals surface area contributed by atoms with Crippen LogP contribution in [0.4, 0.5) is 34.4 Å². The lowest BCUT2D eigenvalue weighted by atomic mass is 9.67. The molecule has 0 radical (unpaired) electrons. The van der Waals surface area contributed by atoms with Crippen molar-refractivity contribution < 1.29 is 8.83 Å². The van der Waals surface area contributed by atoms with Gasteiger partial charge < -0.3 is 8.83 Å². The lowest BCUT2D eigenvalue weighted by Crippen LogP contribution is -2.29.